The number of aliphatic hydroxyl groups excluding tert-OH is 1. The normalized spacial score (nSPS) is 28.0. The van der Waals surface area contributed by atoms with Crippen LogP contribution in [0.4, 0.5) is 0 Å². The summed E-state index contributed by atoms with van der Waals surface area (Å²) in [5.41, 5.74) is 1.29. The molecule has 72 valence electrons. The first-order valence-electron chi connectivity index (χ1n) is 4.77. The molecule has 0 aromatic heterocycles. The van der Waals surface area contributed by atoms with Crippen LogP contribution < -0.4 is 0 Å². The molecule has 2 rings (SSSR count). The lowest BCUT2D eigenvalue weighted by Gasteiger charge is -2.12. The van der Waals surface area contributed by atoms with Gasteiger partial charge in [-0.05, 0) is 37.7 Å². The van der Waals surface area contributed by atoms with Gasteiger partial charge in [-0.15, -0.1) is 0 Å². The molecule has 3 heteroatoms. The maximum Gasteiger partial charge on any atom is 0.339 e. The highest BCUT2D eigenvalue weighted by molar-refractivity contribution is 5.75. The highest BCUT2D eigenvalue weighted by Gasteiger charge is 2.32. The van der Waals surface area contributed by atoms with Crippen LogP contribution in [-0.4, -0.2) is 17.2 Å². The molecule has 3 nitrogen and oxygen atoms in total. The van der Waals surface area contributed by atoms with Gasteiger partial charge in [0.15, 0.2) is 0 Å². The highest BCUT2D eigenvalue weighted by Crippen LogP contribution is 2.44. The molecule has 0 amide bonds. The molecule has 1 fully saturated rings. The van der Waals surface area contributed by atoms with Gasteiger partial charge < -0.3 is 9.84 Å². The maximum atomic E-state index is 11.1. The van der Waals surface area contributed by atoms with Crippen molar-refractivity contribution in [3.8, 4) is 0 Å². The Kier molecular flexibility index (Phi) is 2.12. The minimum absolute atomic E-state index is 0.518. The van der Waals surface area contributed by atoms with Gasteiger partial charge in [0, 0.05) is 6.42 Å². The van der Waals surface area contributed by atoms with Crippen LogP contribution in [0.1, 0.15) is 32.6 Å². The van der Waals surface area contributed by atoms with Crippen molar-refractivity contribution >= 4 is 5.97 Å². The summed E-state index contributed by atoms with van der Waals surface area (Å²) in [4.78, 5) is 11.1. The number of carbonyl (C=O) groups is 1. The second kappa shape index (κ2) is 3.14. The first kappa shape index (κ1) is 8.75. The maximum absolute atomic E-state index is 11.1. The Hall–Kier alpha value is -0.830. The van der Waals surface area contributed by atoms with Gasteiger partial charge in [0.1, 0.15) is 11.9 Å². The average Bonchev–Trinajstić information content (AvgIpc) is 2.64. The Balaban J connectivity index is 2.00. The predicted octanol–water partition coefficient (Wildman–Crippen LogP) is 1.37. The molecular formula is C10H14O3. The van der Waals surface area contributed by atoms with E-state index in [0.717, 1.165) is 25.0 Å². The SMILES string of the molecule is CC(O)C(=O)OC1=C2CCC(C2)C1. The molecule has 0 spiro atoms. The number of esters is 1. The fourth-order valence-electron chi connectivity index (χ4n) is 2.09. The number of fused-ring (bicyclic) bond motifs is 2. The number of hydrogen-bond donors (Lipinski definition) is 1. The molecule has 2 bridgehead atoms. The molecule has 0 saturated heterocycles. The van der Waals surface area contributed by atoms with Gasteiger partial charge >= 0.3 is 5.97 Å². The molecule has 0 radical (unpaired) electrons. The fourth-order valence-corrected chi connectivity index (χ4v) is 2.09. The lowest BCUT2D eigenvalue weighted by Crippen LogP contribution is -2.19. The molecule has 2 atom stereocenters. The molecule has 2 aliphatic rings. The summed E-state index contributed by atoms with van der Waals surface area (Å²) in [5, 5.41) is 8.95. The number of carbonyl (C=O) groups excluding carboxylic acids is 1. The smallest absolute Gasteiger partial charge is 0.339 e. The van der Waals surface area contributed by atoms with Gasteiger partial charge in [-0.25, -0.2) is 4.79 Å². The molecule has 2 aliphatic carbocycles. The van der Waals surface area contributed by atoms with E-state index in [1.165, 1.54) is 18.9 Å². The molecule has 1 N–H and O–H groups in total. The van der Waals surface area contributed by atoms with Crippen LogP contribution in [0.3, 0.4) is 0 Å². The van der Waals surface area contributed by atoms with Gasteiger partial charge in [-0.2, -0.15) is 0 Å². The molecule has 0 aromatic carbocycles. The van der Waals surface area contributed by atoms with Crippen molar-refractivity contribution < 1.29 is 14.6 Å². The van der Waals surface area contributed by atoms with Crippen molar-refractivity contribution in [2.75, 3.05) is 0 Å². The zero-order valence-corrected chi connectivity index (χ0v) is 7.75. The molecule has 0 heterocycles. The zero-order valence-electron chi connectivity index (χ0n) is 7.75. The number of rotatable bonds is 2. The summed E-state index contributed by atoms with van der Waals surface area (Å²) in [6.45, 7) is 1.43. The monoisotopic (exact) mass is 182 g/mol. The highest BCUT2D eigenvalue weighted by atomic mass is 16.6. The van der Waals surface area contributed by atoms with Gasteiger partial charge in [-0.3, -0.25) is 0 Å². The van der Waals surface area contributed by atoms with Crippen LogP contribution in [0, 0.1) is 5.92 Å². The van der Waals surface area contributed by atoms with Crippen molar-refractivity contribution in [2.45, 2.75) is 38.7 Å². The molecular weight excluding hydrogens is 168 g/mol. The van der Waals surface area contributed by atoms with Crippen LogP contribution in [0.5, 0.6) is 0 Å². The lowest BCUT2D eigenvalue weighted by atomic mass is 10.1. The largest absolute Gasteiger partial charge is 0.429 e. The van der Waals surface area contributed by atoms with Crippen LogP contribution in [-0.2, 0) is 9.53 Å². The third-order valence-electron chi connectivity index (χ3n) is 2.82. The van der Waals surface area contributed by atoms with Crippen LogP contribution >= 0.6 is 0 Å². The molecule has 13 heavy (non-hydrogen) atoms. The van der Waals surface area contributed by atoms with Crippen molar-refractivity contribution in [2.24, 2.45) is 5.92 Å². The third-order valence-corrected chi connectivity index (χ3v) is 2.82. The molecule has 0 aliphatic heterocycles. The first-order valence-corrected chi connectivity index (χ1v) is 4.77. The minimum Gasteiger partial charge on any atom is -0.429 e. The van der Waals surface area contributed by atoms with E-state index in [1.54, 1.807) is 0 Å². The Morgan fingerprint density at radius 3 is 2.85 bits per heavy atom. The summed E-state index contributed by atoms with van der Waals surface area (Å²) in [6.07, 6.45) is 3.31. The first-order chi connectivity index (χ1) is 6.16. The van der Waals surface area contributed by atoms with E-state index in [0.29, 0.717) is 5.92 Å². The number of allylic oxidation sites excluding steroid dienone is 2. The zero-order chi connectivity index (χ0) is 9.42. The number of aliphatic hydroxyl groups is 1. The Morgan fingerprint density at radius 1 is 1.62 bits per heavy atom. The summed E-state index contributed by atoms with van der Waals surface area (Å²) in [6, 6.07) is 0. The summed E-state index contributed by atoms with van der Waals surface area (Å²) in [7, 11) is 0. The average molecular weight is 182 g/mol. The Morgan fingerprint density at radius 2 is 2.38 bits per heavy atom. The number of ether oxygens (including phenoxy) is 1. The van der Waals surface area contributed by atoms with E-state index < -0.39 is 12.1 Å². The molecule has 2 unspecified atom stereocenters. The quantitative estimate of drug-likeness (QED) is 0.656. The van der Waals surface area contributed by atoms with E-state index >= 15 is 0 Å². The van der Waals surface area contributed by atoms with Gasteiger partial charge in [0.05, 0.1) is 0 Å². The van der Waals surface area contributed by atoms with E-state index in [9.17, 15) is 4.79 Å². The predicted molar refractivity (Wildman–Crippen MR) is 46.8 cm³/mol. The van der Waals surface area contributed by atoms with Crippen molar-refractivity contribution in [3.63, 3.8) is 0 Å². The van der Waals surface area contributed by atoms with Gasteiger partial charge in [-0.1, -0.05) is 0 Å². The van der Waals surface area contributed by atoms with Crippen molar-refractivity contribution in [1.82, 2.24) is 0 Å². The Bertz CT molecular complexity index is 265. The van der Waals surface area contributed by atoms with E-state index in [-0.39, 0.29) is 0 Å². The van der Waals surface area contributed by atoms with Crippen LogP contribution in [0.25, 0.3) is 0 Å². The Labute approximate surface area is 77.4 Å². The van der Waals surface area contributed by atoms with Gasteiger partial charge in [0.2, 0.25) is 0 Å². The minimum atomic E-state index is -1.01. The fraction of sp³-hybridized carbons (Fsp3) is 0.700. The van der Waals surface area contributed by atoms with Gasteiger partial charge in [0.25, 0.3) is 0 Å². The second-order valence-corrected chi connectivity index (χ2v) is 3.94. The topological polar surface area (TPSA) is 46.5 Å². The van der Waals surface area contributed by atoms with Crippen molar-refractivity contribution in [3.05, 3.63) is 11.3 Å². The van der Waals surface area contributed by atoms with E-state index in [1.807, 2.05) is 0 Å². The van der Waals surface area contributed by atoms with Crippen LogP contribution in [0.15, 0.2) is 11.3 Å². The molecule has 1 saturated carbocycles. The van der Waals surface area contributed by atoms with Crippen LogP contribution in [0.2, 0.25) is 0 Å². The number of hydrogen-bond acceptors (Lipinski definition) is 3. The second-order valence-electron chi connectivity index (χ2n) is 3.94. The molecule has 0 aromatic rings. The standard InChI is InChI=1S/C10H14O3/c1-6(11)10(12)13-9-5-7-2-3-8(9)4-7/h6-7,11H,2-5H2,1H3. The summed E-state index contributed by atoms with van der Waals surface area (Å²) >= 11 is 0. The van der Waals surface area contributed by atoms with Crippen molar-refractivity contribution in [1.29, 1.82) is 0 Å². The summed E-state index contributed by atoms with van der Waals surface area (Å²) in [5.74, 6) is 1.02. The third kappa shape index (κ3) is 1.61. The van der Waals surface area contributed by atoms with E-state index in [2.05, 4.69) is 0 Å². The lowest BCUT2D eigenvalue weighted by molar-refractivity contribution is -0.148. The summed E-state index contributed by atoms with van der Waals surface area (Å²) < 4.78 is 5.10. The van der Waals surface area contributed by atoms with E-state index in [4.69, 9.17) is 9.84 Å².